The van der Waals surface area contributed by atoms with Gasteiger partial charge in [-0.05, 0) is 66.4 Å². The number of nitrogens with one attached hydrogen (secondary N) is 3. The van der Waals surface area contributed by atoms with Crippen LogP contribution in [-0.4, -0.2) is 20.2 Å². The highest BCUT2D eigenvalue weighted by Gasteiger charge is 2.15. The molecule has 0 saturated carbocycles. The van der Waals surface area contributed by atoms with E-state index in [1.54, 1.807) is 41.8 Å². The van der Waals surface area contributed by atoms with Crippen molar-refractivity contribution in [1.29, 1.82) is 0 Å². The lowest BCUT2D eigenvalue weighted by Gasteiger charge is -2.11. The third-order valence-electron chi connectivity index (χ3n) is 3.95. The fraction of sp³-hybridized carbons (Fsp3) is 0.100. The van der Waals surface area contributed by atoms with Crippen molar-refractivity contribution in [3.63, 3.8) is 0 Å². The molecule has 1 aromatic heterocycles. The molecule has 1 heterocycles. The van der Waals surface area contributed by atoms with Crippen molar-refractivity contribution in [2.75, 3.05) is 15.4 Å². The largest absolute Gasteiger partial charge is 0.326 e. The Kier molecular flexibility index (Phi) is 6.00. The molecule has 0 saturated heterocycles. The zero-order valence-corrected chi connectivity index (χ0v) is 17.4. The Bertz CT molecular complexity index is 1140. The van der Waals surface area contributed by atoms with E-state index >= 15 is 0 Å². The predicted octanol–water partition coefficient (Wildman–Crippen LogP) is 4.07. The van der Waals surface area contributed by atoms with E-state index in [1.807, 2.05) is 6.92 Å². The summed E-state index contributed by atoms with van der Waals surface area (Å²) in [5.74, 6) is -0.496. The van der Waals surface area contributed by atoms with Gasteiger partial charge in [-0.1, -0.05) is 6.07 Å². The minimum absolute atomic E-state index is 0.167. The molecule has 0 bridgehead atoms. The fourth-order valence-electron chi connectivity index (χ4n) is 2.59. The normalized spacial score (nSPS) is 11.0. The molecule has 2 aromatic carbocycles. The van der Waals surface area contributed by atoms with Crippen molar-refractivity contribution >= 4 is 50.2 Å². The van der Waals surface area contributed by atoms with E-state index < -0.39 is 10.0 Å². The van der Waals surface area contributed by atoms with Crippen LogP contribution in [0.4, 0.5) is 17.1 Å². The van der Waals surface area contributed by atoms with E-state index in [0.29, 0.717) is 22.6 Å². The van der Waals surface area contributed by atoms with Crippen molar-refractivity contribution in [1.82, 2.24) is 0 Å². The van der Waals surface area contributed by atoms with Crippen LogP contribution in [0.1, 0.15) is 22.8 Å². The molecule has 3 aromatic rings. The summed E-state index contributed by atoms with van der Waals surface area (Å²) in [6, 6.07) is 14.5. The van der Waals surface area contributed by atoms with Gasteiger partial charge < -0.3 is 10.6 Å². The summed E-state index contributed by atoms with van der Waals surface area (Å²) in [5.41, 5.74) is 2.83. The summed E-state index contributed by atoms with van der Waals surface area (Å²) in [5, 5.41) is 7.18. The van der Waals surface area contributed by atoms with Gasteiger partial charge in [0.15, 0.2) is 0 Å². The molecule has 9 heteroatoms. The van der Waals surface area contributed by atoms with Crippen LogP contribution in [0, 0.1) is 6.92 Å². The maximum atomic E-state index is 12.5. The van der Waals surface area contributed by atoms with E-state index in [4.69, 9.17) is 0 Å². The Morgan fingerprint density at radius 1 is 0.931 bits per heavy atom. The van der Waals surface area contributed by atoms with Gasteiger partial charge >= 0.3 is 0 Å². The highest BCUT2D eigenvalue weighted by atomic mass is 32.2. The van der Waals surface area contributed by atoms with Gasteiger partial charge in [-0.2, -0.15) is 0 Å². The first-order chi connectivity index (χ1) is 13.7. The predicted molar refractivity (Wildman–Crippen MR) is 115 cm³/mol. The number of benzene rings is 2. The lowest BCUT2D eigenvalue weighted by atomic mass is 10.1. The lowest BCUT2D eigenvalue weighted by Crippen LogP contribution is -2.14. The molecule has 7 nitrogen and oxygen atoms in total. The summed E-state index contributed by atoms with van der Waals surface area (Å²) in [6.07, 6.45) is 0. The second kappa shape index (κ2) is 8.46. The summed E-state index contributed by atoms with van der Waals surface area (Å²) in [4.78, 5) is 23.6. The number of hydrogen-bond acceptors (Lipinski definition) is 5. The number of carbonyl (C=O) groups is 2. The second-order valence-corrected chi connectivity index (χ2v) is 9.14. The van der Waals surface area contributed by atoms with Gasteiger partial charge in [0.05, 0.1) is 0 Å². The Hall–Kier alpha value is -3.17. The van der Waals surface area contributed by atoms with Gasteiger partial charge in [0.25, 0.3) is 15.9 Å². The van der Waals surface area contributed by atoms with Crippen LogP contribution in [0.15, 0.2) is 64.2 Å². The topological polar surface area (TPSA) is 104 Å². The van der Waals surface area contributed by atoms with Crippen LogP contribution in [0.25, 0.3) is 0 Å². The van der Waals surface area contributed by atoms with Crippen LogP contribution in [0.2, 0.25) is 0 Å². The molecule has 0 unspecified atom stereocenters. The van der Waals surface area contributed by atoms with Gasteiger partial charge in [0.2, 0.25) is 5.91 Å². The Balaban J connectivity index is 1.68. The maximum absolute atomic E-state index is 12.5. The third kappa shape index (κ3) is 5.21. The molecular formula is C20H19N3O4S2. The third-order valence-corrected chi connectivity index (χ3v) is 6.73. The molecular weight excluding hydrogens is 410 g/mol. The molecule has 0 spiro atoms. The standard InChI is InChI=1S/C20H19N3O4S2/c1-13-12-17(9-10-18(13)21-14(2)24)22-20(25)15-5-7-16(8-6-15)23-29(26,27)19-4-3-11-28-19/h3-12,23H,1-2H3,(H,21,24)(H,22,25). The van der Waals surface area contributed by atoms with Crippen molar-refractivity contribution in [2.24, 2.45) is 0 Å². The first-order valence-electron chi connectivity index (χ1n) is 8.60. The number of sulfonamides is 1. The molecule has 3 rings (SSSR count). The molecule has 0 aliphatic heterocycles. The molecule has 2 amide bonds. The second-order valence-electron chi connectivity index (χ2n) is 6.28. The number of amides is 2. The molecule has 0 fully saturated rings. The fourth-order valence-corrected chi connectivity index (χ4v) is 4.64. The summed E-state index contributed by atoms with van der Waals surface area (Å²) < 4.78 is 27.2. The van der Waals surface area contributed by atoms with Crippen LogP contribution >= 0.6 is 11.3 Å². The molecule has 150 valence electrons. The van der Waals surface area contributed by atoms with Crippen LogP contribution < -0.4 is 15.4 Å². The number of rotatable bonds is 6. The van der Waals surface area contributed by atoms with Crippen LogP contribution in [0.3, 0.4) is 0 Å². The van der Waals surface area contributed by atoms with Gasteiger partial charge in [-0.3, -0.25) is 14.3 Å². The van der Waals surface area contributed by atoms with Crippen LogP contribution in [-0.2, 0) is 14.8 Å². The zero-order valence-electron chi connectivity index (χ0n) is 15.7. The quantitative estimate of drug-likeness (QED) is 0.549. The summed E-state index contributed by atoms with van der Waals surface area (Å²) >= 11 is 1.13. The average Bonchev–Trinajstić information content (AvgIpc) is 3.20. The minimum atomic E-state index is -3.63. The van der Waals surface area contributed by atoms with Crippen molar-refractivity contribution in [2.45, 2.75) is 18.1 Å². The zero-order chi connectivity index (χ0) is 21.0. The molecule has 3 N–H and O–H groups in total. The monoisotopic (exact) mass is 429 g/mol. The molecule has 0 atom stereocenters. The first kappa shape index (κ1) is 20.6. The van der Waals surface area contributed by atoms with Gasteiger partial charge in [-0.15, -0.1) is 11.3 Å². The molecule has 0 aliphatic rings. The Morgan fingerprint density at radius 2 is 1.62 bits per heavy atom. The van der Waals surface area contributed by atoms with Crippen LogP contribution in [0.5, 0.6) is 0 Å². The number of aryl methyl sites for hydroxylation is 1. The van der Waals surface area contributed by atoms with Gasteiger partial charge in [0.1, 0.15) is 4.21 Å². The number of anilines is 3. The van der Waals surface area contributed by atoms with E-state index in [0.717, 1.165) is 16.9 Å². The van der Waals surface area contributed by atoms with E-state index in [1.165, 1.54) is 25.1 Å². The highest BCUT2D eigenvalue weighted by molar-refractivity contribution is 7.94. The smallest absolute Gasteiger partial charge is 0.271 e. The first-order valence-corrected chi connectivity index (χ1v) is 11.0. The highest BCUT2D eigenvalue weighted by Crippen LogP contribution is 2.22. The maximum Gasteiger partial charge on any atom is 0.271 e. The Labute approximate surface area is 172 Å². The van der Waals surface area contributed by atoms with E-state index in [9.17, 15) is 18.0 Å². The van der Waals surface area contributed by atoms with E-state index in [-0.39, 0.29) is 16.0 Å². The molecule has 29 heavy (non-hydrogen) atoms. The van der Waals surface area contributed by atoms with Gasteiger partial charge in [-0.25, -0.2) is 8.42 Å². The molecule has 0 aliphatic carbocycles. The summed E-state index contributed by atoms with van der Waals surface area (Å²) in [6.45, 7) is 3.26. The molecule has 0 radical (unpaired) electrons. The van der Waals surface area contributed by atoms with Crippen molar-refractivity contribution in [3.05, 3.63) is 71.1 Å². The number of thiophene rings is 1. The number of carbonyl (C=O) groups excluding carboxylic acids is 2. The average molecular weight is 430 g/mol. The minimum Gasteiger partial charge on any atom is -0.326 e. The summed E-state index contributed by atoms with van der Waals surface area (Å²) in [7, 11) is -3.63. The Morgan fingerprint density at radius 3 is 2.21 bits per heavy atom. The van der Waals surface area contributed by atoms with E-state index in [2.05, 4.69) is 15.4 Å². The van der Waals surface area contributed by atoms with Crippen molar-refractivity contribution in [3.8, 4) is 0 Å². The number of hydrogen-bond donors (Lipinski definition) is 3. The van der Waals surface area contributed by atoms with Gasteiger partial charge in [0, 0.05) is 29.5 Å². The SMILES string of the molecule is CC(=O)Nc1ccc(NC(=O)c2ccc(NS(=O)(=O)c3cccs3)cc2)cc1C. The lowest BCUT2D eigenvalue weighted by molar-refractivity contribution is -0.114. The van der Waals surface area contributed by atoms with Crippen molar-refractivity contribution < 1.29 is 18.0 Å².